The van der Waals surface area contributed by atoms with E-state index in [-0.39, 0.29) is 17.2 Å². The molecule has 2 aromatic carbocycles. The third kappa shape index (κ3) is 4.64. The minimum atomic E-state index is -0.863. The molecular weight excluding hydrogens is 462 g/mol. The van der Waals surface area contributed by atoms with Crippen molar-refractivity contribution in [2.75, 3.05) is 10.7 Å². The molecule has 1 heterocycles. The number of nitrogens with one attached hydrogen (secondary N) is 3. The van der Waals surface area contributed by atoms with Gasteiger partial charge in [-0.25, -0.2) is 9.97 Å². The second-order valence-electron chi connectivity index (χ2n) is 5.66. The number of rotatable bonds is 7. The number of carbonyl (C=O) groups is 1. The van der Waals surface area contributed by atoms with Crippen LogP contribution in [0, 0.1) is 20.2 Å². The van der Waals surface area contributed by atoms with Gasteiger partial charge in [0.25, 0.3) is 11.6 Å². The van der Waals surface area contributed by atoms with Gasteiger partial charge in [-0.3, -0.25) is 35.9 Å². The summed E-state index contributed by atoms with van der Waals surface area (Å²) in [5.41, 5.74) is 3.89. The number of anilines is 3. The van der Waals surface area contributed by atoms with E-state index in [0.29, 0.717) is 5.69 Å². The van der Waals surface area contributed by atoms with Gasteiger partial charge < -0.3 is 5.32 Å². The number of halogens is 1. The molecule has 0 saturated heterocycles. The summed E-state index contributed by atoms with van der Waals surface area (Å²) in [7, 11) is 0. The highest BCUT2D eigenvalue weighted by atomic mass is 79.9. The normalized spacial score (nSPS) is 10.2. The van der Waals surface area contributed by atoms with E-state index in [2.05, 4.69) is 42.1 Å². The van der Waals surface area contributed by atoms with E-state index in [1.165, 1.54) is 24.3 Å². The standard InChI is InChI=1S/C17H12BrN7O5/c18-10-5-7-11(8-6-10)21-15-14(25(29)30)16(20-9-19-15)22-23-17(26)12-3-1-2-4-13(12)24(27)28/h1-9H,(H,23,26)(H2,19,20,21,22). The van der Waals surface area contributed by atoms with Gasteiger partial charge in [-0.2, -0.15) is 0 Å². The first-order chi connectivity index (χ1) is 14.4. The van der Waals surface area contributed by atoms with Crippen molar-refractivity contribution in [2.45, 2.75) is 0 Å². The monoisotopic (exact) mass is 473 g/mol. The summed E-state index contributed by atoms with van der Waals surface area (Å²) in [5.74, 6) is -1.28. The molecule has 0 aliphatic carbocycles. The highest BCUT2D eigenvalue weighted by Crippen LogP contribution is 2.31. The van der Waals surface area contributed by atoms with Crippen LogP contribution >= 0.6 is 15.9 Å². The van der Waals surface area contributed by atoms with Crippen LogP contribution in [0.15, 0.2) is 59.3 Å². The average molecular weight is 474 g/mol. The van der Waals surface area contributed by atoms with Crippen LogP contribution in [0.3, 0.4) is 0 Å². The average Bonchev–Trinajstić information content (AvgIpc) is 2.73. The lowest BCUT2D eigenvalue weighted by Gasteiger charge is -2.11. The largest absolute Gasteiger partial charge is 0.355 e. The third-order valence-corrected chi connectivity index (χ3v) is 4.28. The quantitative estimate of drug-likeness (QED) is 0.343. The number of aromatic nitrogens is 2. The molecule has 3 N–H and O–H groups in total. The fraction of sp³-hybridized carbons (Fsp3) is 0. The highest BCUT2D eigenvalue weighted by molar-refractivity contribution is 9.10. The zero-order valence-electron chi connectivity index (χ0n) is 14.9. The first kappa shape index (κ1) is 20.6. The van der Waals surface area contributed by atoms with Crippen LogP contribution < -0.4 is 16.2 Å². The van der Waals surface area contributed by atoms with Crippen LogP contribution in [-0.2, 0) is 0 Å². The number of para-hydroxylation sites is 1. The lowest BCUT2D eigenvalue weighted by Crippen LogP contribution is -2.30. The Balaban J connectivity index is 1.84. The Kier molecular flexibility index (Phi) is 6.12. The van der Waals surface area contributed by atoms with Crippen molar-refractivity contribution in [1.82, 2.24) is 15.4 Å². The molecular formula is C17H12BrN7O5. The lowest BCUT2D eigenvalue weighted by atomic mass is 10.2. The second-order valence-corrected chi connectivity index (χ2v) is 6.58. The molecule has 0 aliphatic rings. The molecule has 0 saturated carbocycles. The first-order valence-corrected chi connectivity index (χ1v) is 8.98. The maximum Gasteiger partial charge on any atom is 0.355 e. The van der Waals surface area contributed by atoms with Gasteiger partial charge in [-0.1, -0.05) is 28.1 Å². The van der Waals surface area contributed by atoms with Gasteiger partial charge in [0.05, 0.1) is 9.85 Å². The smallest absolute Gasteiger partial charge is 0.334 e. The van der Waals surface area contributed by atoms with Crippen molar-refractivity contribution in [3.05, 3.63) is 85.1 Å². The molecule has 30 heavy (non-hydrogen) atoms. The number of hydrogen-bond acceptors (Lipinski definition) is 9. The van der Waals surface area contributed by atoms with Gasteiger partial charge in [0.2, 0.25) is 11.6 Å². The van der Waals surface area contributed by atoms with Crippen molar-refractivity contribution >= 4 is 50.5 Å². The number of amides is 1. The molecule has 0 bridgehead atoms. The minimum absolute atomic E-state index is 0.111. The lowest BCUT2D eigenvalue weighted by molar-refractivity contribution is -0.385. The fourth-order valence-electron chi connectivity index (χ4n) is 2.41. The maximum atomic E-state index is 12.3. The van der Waals surface area contributed by atoms with E-state index in [1.54, 1.807) is 24.3 Å². The van der Waals surface area contributed by atoms with E-state index in [4.69, 9.17) is 0 Å². The van der Waals surface area contributed by atoms with E-state index in [0.717, 1.165) is 10.8 Å². The first-order valence-electron chi connectivity index (χ1n) is 8.18. The highest BCUT2D eigenvalue weighted by Gasteiger charge is 2.25. The van der Waals surface area contributed by atoms with Crippen molar-refractivity contribution in [1.29, 1.82) is 0 Å². The van der Waals surface area contributed by atoms with Crippen molar-refractivity contribution in [2.24, 2.45) is 0 Å². The topological polar surface area (TPSA) is 165 Å². The molecule has 1 aromatic heterocycles. The summed E-state index contributed by atoms with van der Waals surface area (Å²) >= 11 is 3.29. The van der Waals surface area contributed by atoms with E-state index in [1.807, 2.05) is 0 Å². The molecule has 152 valence electrons. The van der Waals surface area contributed by atoms with Crippen LogP contribution in [0.4, 0.5) is 28.7 Å². The number of nitrogens with zero attached hydrogens (tertiary/aromatic N) is 4. The van der Waals surface area contributed by atoms with E-state index >= 15 is 0 Å². The zero-order valence-corrected chi connectivity index (χ0v) is 16.5. The Morgan fingerprint density at radius 2 is 1.60 bits per heavy atom. The van der Waals surface area contributed by atoms with Gasteiger partial charge in [0.15, 0.2) is 0 Å². The Bertz CT molecular complexity index is 1120. The summed E-state index contributed by atoms with van der Waals surface area (Å²) in [6, 6.07) is 12.1. The summed E-state index contributed by atoms with van der Waals surface area (Å²) in [4.78, 5) is 41.2. The Morgan fingerprint density at radius 3 is 2.27 bits per heavy atom. The van der Waals surface area contributed by atoms with Gasteiger partial charge >= 0.3 is 5.69 Å². The van der Waals surface area contributed by atoms with Gasteiger partial charge in [0, 0.05) is 16.2 Å². The van der Waals surface area contributed by atoms with Gasteiger partial charge in [-0.05, 0) is 30.3 Å². The van der Waals surface area contributed by atoms with E-state index in [9.17, 15) is 25.0 Å². The number of benzene rings is 2. The van der Waals surface area contributed by atoms with Crippen LogP contribution in [0.5, 0.6) is 0 Å². The summed E-state index contributed by atoms with van der Waals surface area (Å²) < 4.78 is 0.824. The number of hydrogen-bond donors (Lipinski definition) is 3. The van der Waals surface area contributed by atoms with Crippen molar-refractivity contribution < 1.29 is 14.6 Å². The minimum Gasteiger partial charge on any atom is -0.334 e. The molecule has 0 unspecified atom stereocenters. The molecule has 12 nitrogen and oxygen atoms in total. The number of nitro benzene ring substituents is 1. The molecule has 0 atom stereocenters. The summed E-state index contributed by atoms with van der Waals surface area (Å²) in [5, 5.41) is 25.5. The summed E-state index contributed by atoms with van der Waals surface area (Å²) in [6.07, 6.45) is 1.06. The maximum absolute atomic E-state index is 12.3. The summed E-state index contributed by atoms with van der Waals surface area (Å²) in [6.45, 7) is 0. The number of carbonyl (C=O) groups excluding carboxylic acids is 1. The van der Waals surface area contributed by atoms with Crippen LogP contribution in [0.1, 0.15) is 10.4 Å². The SMILES string of the molecule is O=C(NNc1ncnc(Nc2ccc(Br)cc2)c1[N+](=O)[O-])c1ccccc1[N+](=O)[O-]. The van der Waals surface area contributed by atoms with Crippen LogP contribution in [0.2, 0.25) is 0 Å². The molecule has 3 aromatic rings. The molecule has 13 heteroatoms. The predicted octanol–water partition coefficient (Wildman–Crippen LogP) is 3.56. The molecule has 0 aliphatic heterocycles. The fourth-order valence-corrected chi connectivity index (χ4v) is 2.68. The third-order valence-electron chi connectivity index (χ3n) is 3.75. The van der Waals surface area contributed by atoms with Crippen LogP contribution in [-0.4, -0.2) is 25.7 Å². The number of hydrazine groups is 1. The predicted molar refractivity (Wildman–Crippen MR) is 110 cm³/mol. The molecule has 1 amide bonds. The molecule has 3 rings (SSSR count). The molecule has 0 radical (unpaired) electrons. The molecule has 0 fully saturated rings. The van der Waals surface area contributed by atoms with Crippen LogP contribution in [0.25, 0.3) is 0 Å². The van der Waals surface area contributed by atoms with Crippen molar-refractivity contribution in [3.63, 3.8) is 0 Å². The van der Waals surface area contributed by atoms with Gasteiger partial charge in [0.1, 0.15) is 11.9 Å². The van der Waals surface area contributed by atoms with Gasteiger partial charge in [-0.15, -0.1) is 0 Å². The number of nitro groups is 2. The van der Waals surface area contributed by atoms with E-state index < -0.39 is 27.1 Å². The Morgan fingerprint density at radius 1 is 0.933 bits per heavy atom. The zero-order chi connectivity index (χ0) is 21.7. The Hall–Kier alpha value is -4.13. The second kappa shape index (κ2) is 8.91. The Labute approximate surface area is 176 Å². The molecule has 0 spiro atoms. The van der Waals surface area contributed by atoms with Crippen molar-refractivity contribution in [3.8, 4) is 0 Å².